The fraction of sp³-hybridized carbons (Fsp3) is 0. The molecule has 0 amide bonds. The van der Waals surface area contributed by atoms with Crippen LogP contribution < -0.4 is 103 Å². The standard InChI is InChI=1S/2BH3.2K.2HNO3.O.Zn/c;;;;2*2-1(3)4;;/h2*1H3;;;2*(H,2,3,4);;/q;;2*+1;;;-2;+2. The molecule has 2 N–H and O–H groups in total. The number of hydrogen-bond donors (Lipinski definition) is 2. The molecule has 0 spiro atoms. The summed E-state index contributed by atoms with van der Waals surface area (Å²) in [5, 5.41) is 27.3. The molecule has 68 valence electrons. The van der Waals surface area contributed by atoms with Crippen LogP contribution in [0, 0.1) is 20.2 Å². The molecule has 0 aliphatic rings. The van der Waals surface area contributed by atoms with Crippen LogP contribution in [-0.4, -0.2) is 37.4 Å². The van der Waals surface area contributed by atoms with Gasteiger partial charge in [0.25, 0.3) is 10.2 Å². The van der Waals surface area contributed by atoms with Crippen LogP contribution in [0.25, 0.3) is 0 Å². The smallest absolute Gasteiger partial charge is 2.00 e. The van der Waals surface area contributed by atoms with Crippen molar-refractivity contribution in [3.63, 3.8) is 0 Å². The summed E-state index contributed by atoms with van der Waals surface area (Å²) in [5.41, 5.74) is 0. The Morgan fingerprint density at radius 2 is 0.857 bits per heavy atom. The van der Waals surface area contributed by atoms with Gasteiger partial charge >= 0.3 is 122 Å². The van der Waals surface area contributed by atoms with Crippen molar-refractivity contribution >= 4 is 16.8 Å². The molecule has 0 atom stereocenters. The Bertz CT molecular complexity index is 85.7. The zero-order valence-corrected chi connectivity index (χ0v) is 15.8. The number of rotatable bonds is 0. The van der Waals surface area contributed by atoms with Crippen LogP contribution in [0.5, 0.6) is 0 Å². The Kier molecular flexibility index (Phi) is 178. The Morgan fingerprint density at radius 3 is 0.857 bits per heavy atom. The van der Waals surface area contributed by atoms with E-state index in [4.69, 9.17) is 30.6 Å². The second kappa shape index (κ2) is 45.3. The van der Waals surface area contributed by atoms with Crippen LogP contribution in [0.4, 0.5) is 0 Å². The topological polar surface area (TPSA) is 155 Å². The summed E-state index contributed by atoms with van der Waals surface area (Å²) in [6, 6.07) is 0. The summed E-state index contributed by atoms with van der Waals surface area (Å²) in [7, 11) is 0. The third-order valence-electron chi connectivity index (χ3n) is 0. The predicted molar refractivity (Wildman–Crippen MR) is 38.1 cm³/mol. The Hall–Kier alpha value is 2.39. The van der Waals surface area contributed by atoms with E-state index in [1.807, 2.05) is 0 Å². The van der Waals surface area contributed by atoms with E-state index in [0.717, 1.165) is 0 Å². The van der Waals surface area contributed by atoms with E-state index in [9.17, 15) is 0 Å². The van der Waals surface area contributed by atoms with Crippen LogP contribution in [-0.2, 0) is 25.0 Å². The van der Waals surface area contributed by atoms with E-state index < -0.39 is 10.2 Å². The number of nitrogens with zero attached hydrogens (tertiary/aromatic N) is 2. The molecule has 0 unspecified atom stereocenters. The second-order valence-corrected chi connectivity index (χ2v) is 0.476. The molecule has 9 nitrogen and oxygen atoms in total. The van der Waals surface area contributed by atoms with Gasteiger partial charge in [-0.1, -0.05) is 0 Å². The Morgan fingerprint density at radius 1 is 0.857 bits per heavy atom. The van der Waals surface area contributed by atoms with Gasteiger partial charge in [0.1, 0.15) is 0 Å². The largest absolute Gasteiger partial charge is 2.00 e. The molecule has 14 heavy (non-hydrogen) atoms. The Labute approximate surface area is 181 Å². The SMILES string of the molecule is B.B.O=[N+]([O-])O.O=[N+]([O-])O.[K+].[K+].[O-2].[Zn+2]. The van der Waals surface area contributed by atoms with E-state index in [0.29, 0.717) is 0 Å². The van der Waals surface area contributed by atoms with Gasteiger partial charge in [0.15, 0.2) is 0 Å². The molecule has 0 bridgehead atoms. The minimum Gasteiger partial charge on any atom is -2.00 e. The van der Waals surface area contributed by atoms with Gasteiger partial charge in [0, 0.05) is 0 Å². The molecule has 0 radical (unpaired) electrons. The van der Waals surface area contributed by atoms with Crippen LogP contribution in [0.2, 0.25) is 0 Å². The van der Waals surface area contributed by atoms with E-state index >= 15 is 0 Å². The summed E-state index contributed by atoms with van der Waals surface area (Å²) in [5.74, 6) is 0. The molecule has 14 heteroatoms. The average molecular weight is 313 g/mol. The summed E-state index contributed by atoms with van der Waals surface area (Å²) in [4.78, 5) is 16.7. The molecule has 0 rings (SSSR count). The zero-order chi connectivity index (χ0) is 7.15. The fourth-order valence-electron chi connectivity index (χ4n) is 0. The average Bonchev–Trinajstić information content (AvgIpc) is 1.25. The monoisotopic (exact) mass is 312 g/mol. The second-order valence-electron chi connectivity index (χ2n) is 0.476. The molecular weight excluding hydrogens is 305 g/mol. The maximum Gasteiger partial charge on any atom is 2.00 e. The maximum atomic E-state index is 8.36. The van der Waals surface area contributed by atoms with Crippen molar-refractivity contribution in [1.82, 2.24) is 0 Å². The van der Waals surface area contributed by atoms with Gasteiger partial charge in [0.05, 0.1) is 16.8 Å². The fourth-order valence-corrected chi connectivity index (χ4v) is 0. The first kappa shape index (κ1) is 55.2. The van der Waals surface area contributed by atoms with Crippen LogP contribution >= 0.6 is 0 Å². The molecule has 0 saturated carbocycles. The number of hydrogen-bond acceptors (Lipinski definition) is 4. The van der Waals surface area contributed by atoms with Crippen molar-refractivity contribution in [3.8, 4) is 0 Å². The van der Waals surface area contributed by atoms with Crippen molar-refractivity contribution in [2.75, 3.05) is 0 Å². The third-order valence-corrected chi connectivity index (χ3v) is 0. The Balaban J connectivity index is -0.00000000600. The van der Waals surface area contributed by atoms with Crippen molar-refractivity contribution in [3.05, 3.63) is 20.2 Å². The normalized spacial score (nSPS) is 3.43. The van der Waals surface area contributed by atoms with E-state index in [1.54, 1.807) is 0 Å². The van der Waals surface area contributed by atoms with E-state index in [2.05, 4.69) is 0 Å². The third kappa shape index (κ3) is 453. The van der Waals surface area contributed by atoms with Crippen LogP contribution in [0.1, 0.15) is 0 Å². The van der Waals surface area contributed by atoms with Gasteiger partial charge in [-0.05, 0) is 0 Å². The molecular formula is H8B2K2N2O7Zn+2. The summed E-state index contributed by atoms with van der Waals surface area (Å²) in [6.07, 6.45) is 0. The van der Waals surface area contributed by atoms with Crippen molar-refractivity contribution < 1.29 is 148 Å². The molecule has 0 aromatic heterocycles. The minimum atomic E-state index is -1.50. The van der Waals surface area contributed by atoms with E-state index in [-0.39, 0.29) is 145 Å². The van der Waals surface area contributed by atoms with E-state index in [1.165, 1.54) is 0 Å². The van der Waals surface area contributed by atoms with Gasteiger partial charge in [-0.15, -0.1) is 20.2 Å². The first-order valence-corrected chi connectivity index (χ1v) is 1.13. The first-order chi connectivity index (χ1) is 3.46. The summed E-state index contributed by atoms with van der Waals surface area (Å²) in [6.45, 7) is 0. The van der Waals surface area contributed by atoms with Crippen molar-refractivity contribution in [2.45, 2.75) is 0 Å². The quantitative estimate of drug-likeness (QED) is 0.257. The van der Waals surface area contributed by atoms with Crippen molar-refractivity contribution in [2.24, 2.45) is 0 Å². The molecule has 0 saturated heterocycles. The molecule has 0 aromatic rings. The summed E-state index contributed by atoms with van der Waals surface area (Å²) >= 11 is 0. The zero-order valence-electron chi connectivity index (χ0n) is 6.54. The molecule has 0 aliphatic carbocycles. The first-order valence-electron chi connectivity index (χ1n) is 1.13. The minimum absolute atomic E-state index is 0. The predicted octanol–water partition coefficient (Wildman–Crippen LogP) is -9.18. The molecule has 0 fully saturated rings. The maximum absolute atomic E-state index is 8.36. The van der Waals surface area contributed by atoms with Gasteiger partial charge in [0.2, 0.25) is 0 Å². The van der Waals surface area contributed by atoms with Crippen LogP contribution in [0.3, 0.4) is 0 Å². The van der Waals surface area contributed by atoms with Crippen LogP contribution in [0.15, 0.2) is 0 Å². The van der Waals surface area contributed by atoms with Gasteiger partial charge in [-0.25, -0.2) is 0 Å². The molecule has 0 aliphatic heterocycles. The summed E-state index contributed by atoms with van der Waals surface area (Å²) < 4.78 is 0. The van der Waals surface area contributed by atoms with Gasteiger partial charge in [-0.3, -0.25) is 0 Å². The van der Waals surface area contributed by atoms with Crippen molar-refractivity contribution in [1.29, 1.82) is 0 Å². The molecule has 0 aromatic carbocycles. The van der Waals surface area contributed by atoms with Gasteiger partial charge in [-0.2, -0.15) is 0 Å². The van der Waals surface area contributed by atoms with Gasteiger partial charge < -0.3 is 15.9 Å². The molecule has 0 heterocycles.